The fraction of sp³-hybridized carbons (Fsp3) is 0.500. The van der Waals surface area contributed by atoms with E-state index in [0.717, 1.165) is 21.3 Å². The first-order valence-electron chi connectivity index (χ1n) is 5.91. The van der Waals surface area contributed by atoms with Crippen LogP contribution in [0.25, 0.3) is 0 Å². The number of anilines is 1. The van der Waals surface area contributed by atoms with Crippen molar-refractivity contribution in [3.8, 4) is 0 Å². The molecule has 0 aliphatic rings. The molecule has 18 heavy (non-hydrogen) atoms. The summed E-state index contributed by atoms with van der Waals surface area (Å²) < 4.78 is 6.34. The third-order valence-corrected chi connectivity index (χ3v) is 3.54. The molecule has 0 saturated heterocycles. The molecule has 0 heterocycles. The van der Waals surface area contributed by atoms with Crippen molar-refractivity contribution in [2.75, 3.05) is 11.9 Å². The average Bonchev–Trinajstić information content (AvgIpc) is 2.20. The van der Waals surface area contributed by atoms with Gasteiger partial charge in [0.15, 0.2) is 0 Å². The lowest BCUT2D eigenvalue weighted by molar-refractivity contribution is -0.152. The van der Waals surface area contributed by atoms with Crippen molar-refractivity contribution >= 4 is 27.6 Å². The first kappa shape index (κ1) is 15.0. The number of carbonyl (C=O) groups excluding carboxylic acids is 1. The van der Waals surface area contributed by atoms with Crippen molar-refractivity contribution in [2.24, 2.45) is 0 Å². The number of hydrogen-bond acceptors (Lipinski definition) is 3. The Labute approximate surface area is 117 Å². The van der Waals surface area contributed by atoms with Gasteiger partial charge in [-0.2, -0.15) is 0 Å². The Morgan fingerprint density at radius 2 is 1.78 bits per heavy atom. The van der Waals surface area contributed by atoms with E-state index in [1.54, 1.807) is 0 Å². The summed E-state index contributed by atoms with van der Waals surface area (Å²) in [7, 11) is 0. The lowest BCUT2D eigenvalue weighted by Crippen LogP contribution is -2.28. The molecule has 1 N–H and O–H groups in total. The minimum Gasteiger partial charge on any atom is -0.459 e. The zero-order valence-corrected chi connectivity index (χ0v) is 13.1. The summed E-state index contributed by atoms with van der Waals surface area (Å²) in [5.41, 5.74) is 2.77. The van der Waals surface area contributed by atoms with Crippen molar-refractivity contribution in [3.63, 3.8) is 0 Å². The van der Waals surface area contributed by atoms with Crippen LogP contribution in [0.5, 0.6) is 0 Å². The van der Waals surface area contributed by atoms with Crippen LogP contribution in [0, 0.1) is 13.8 Å². The van der Waals surface area contributed by atoms with Crippen LogP contribution in [-0.4, -0.2) is 18.1 Å². The summed E-state index contributed by atoms with van der Waals surface area (Å²) >= 11 is 3.51. The Morgan fingerprint density at radius 3 is 2.22 bits per heavy atom. The average molecular weight is 314 g/mol. The molecule has 1 aromatic carbocycles. The third kappa shape index (κ3) is 4.69. The van der Waals surface area contributed by atoms with Crippen LogP contribution in [0.3, 0.4) is 0 Å². The Balaban J connectivity index is 2.62. The number of aryl methyl sites for hydroxylation is 2. The van der Waals surface area contributed by atoms with E-state index in [9.17, 15) is 4.79 Å². The molecule has 0 aliphatic heterocycles. The van der Waals surface area contributed by atoms with Crippen molar-refractivity contribution < 1.29 is 9.53 Å². The maximum Gasteiger partial charge on any atom is 0.325 e. The summed E-state index contributed by atoms with van der Waals surface area (Å²) in [5.74, 6) is -0.249. The molecule has 0 fully saturated rings. The lowest BCUT2D eigenvalue weighted by atomic mass is 10.1. The van der Waals surface area contributed by atoms with E-state index in [2.05, 4.69) is 21.2 Å². The molecule has 0 unspecified atom stereocenters. The number of halogens is 1. The zero-order chi connectivity index (χ0) is 13.9. The van der Waals surface area contributed by atoms with Crippen LogP contribution >= 0.6 is 15.9 Å². The highest BCUT2D eigenvalue weighted by atomic mass is 79.9. The summed E-state index contributed by atoms with van der Waals surface area (Å²) in [6, 6.07) is 4.00. The number of nitrogens with one attached hydrogen (secondary N) is 1. The molecule has 4 heteroatoms. The summed E-state index contributed by atoms with van der Waals surface area (Å²) in [4.78, 5) is 11.6. The number of ether oxygens (including phenoxy) is 1. The molecule has 3 nitrogen and oxygen atoms in total. The van der Waals surface area contributed by atoms with Crippen molar-refractivity contribution in [3.05, 3.63) is 27.7 Å². The minimum atomic E-state index is -0.440. The Hall–Kier alpha value is -1.03. The van der Waals surface area contributed by atoms with Gasteiger partial charge in [0, 0.05) is 10.2 Å². The molecule has 0 aromatic heterocycles. The predicted octanol–water partition coefficient (Wildman–Crippen LogP) is 3.82. The highest BCUT2D eigenvalue weighted by Gasteiger charge is 2.15. The molecule has 0 radical (unpaired) electrons. The van der Waals surface area contributed by atoms with Gasteiger partial charge in [-0.05, 0) is 57.9 Å². The highest BCUT2D eigenvalue weighted by Crippen LogP contribution is 2.24. The van der Waals surface area contributed by atoms with E-state index >= 15 is 0 Å². The van der Waals surface area contributed by atoms with Gasteiger partial charge in [0.25, 0.3) is 0 Å². The highest BCUT2D eigenvalue weighted by molar-refractivity contribution is 9.10. The molecule has 0 saturated carbocycles. The molecule has 0 bridgehead atoms. The van der Waals surface area contributed by atoms with Crippen molar-refractivity contribution in [1.29, 1.82) is 0 Å². The van der Waals surface area contributed by atoms with Gasteiger partial charge in [0.05, 0.1) is 0 Å². The van der Waals surface area contributed by atoms with Crippen molar-refractivity contribution in [1.82, 2.24) is 0 Å². The van der Waals surface area contributed by atoms with Gasteiger partial charge in [-0.15, -0.1) is 0 Å². The van der Waals surface area contributed by atoms with Gasteiger partial charge in [0.1, 0.15) is 12.1 Å². The van der Waals surface area contributed by atoms with Crippen LogP contribution < -0.4 is 5.32 Å². The second-order valence-electron chi connectivity index (χ2n) is 5.36. The van der Waals surface area contributed by atoms with Gasteiger partial charge < -0.3 is 10.1 Å². The van der Waals surface area contributed by atoms with Gasteiger partial charge in [-0.1, -0.05) is 15.9 Å². The number of rotatable bonds is 3. The van der Waals surface area contributed by atoms with Crippen LogP contribution in [0.4, 0.5) is 5.69 Å². The molecule has 0 atom stereocenters. The maximum absolute atomic E-state index is 11.6. The Kier molecular flexibility index (Phi) is 4.79. The number of benzene rings is 1. The van der Waals surface area contributed by atoms with E-state index in [-0.39, 0.29) is 12.5 Å². The summed E-state index contributed by atoms with van der Waals surface area (Å²) in [6.45, 7) is 9.81. The Morgan fingerprint density at radius 1 is 1.28 bits per heavy atom. The van der Waals surface area contributed by atoms with Gasteiger partial charge >= 0.3 is 5.97 Å². The monoisotopic (exact) mass is 313 g/mol. The number of carbonyl (C=O) groups is 1. The zero-order valence-electron chi connectivity index (χ0n) is 11.6. The van der Waals surface area contributed by atoms with Gasteiger partial charge in [-0.3, -0.25) is 4.79 Å². The van der Waals surface area contributed by atoms with Crippen LogP contribution in [0.1, 0.15) is 31.9 Å². The summed E-state index contributed by atoms with van der Waals surface area (Å²) in [5, 5.41) is 3.08. The molecule has 1 aromatic rings. The van der Waals surface area contributed by atoms with Gasteiger partial charge in [-0.25, -0.2) is 0 Å². The molecule has 0 amide bonds. The quantitative estimate of drug-likeness (QED) is 0.862. The SMILES string of the molecule is Cc1cc(NCC(=O)OC(C)(C)C)cc(C)c1Br. The molecular formula is C14H20BrNO2. The van der Waals surface area contributed by atoms with Gasteiger partial charge in [0.2, 0.25) is 0 Å². The topological polar surface area (TPSA) is 38.3 Å². The van der Waals surface area contributed by atoms with E-state index in [1.165, 1.54) is 0 Å². The largest absolute Gasteiger partial charge is 0.459 e. The van der Waals surface area contributed by atoms with Crippen LogP contribution in [-0.2, 0) is 9.53 Å². The van der Waals surface area contributed by atoms with E-state index in [0.29, 0.717) is 0 Å². The van der Waals surface area contributed by atoms with E-state index in [4.69, 9.17) is 4.74 Å². The Bertz CT molecular complexity index is 427. The fourth-order valence-corrected chi connectivity index (χ4v) is 1.83. The molecule has 100 valence electrons. The maximum atomic E-state index is 11.6. The minimum absolute atomic E-state index is 0.178. The lowest BCUT2D eigenvalue weighted by Gasteiger charge is -2.20. The third-order valence-electron chi connectivity index (χ3n) is 2.29. The van der Waals surface area contributed by atoms with Crippen LogP contribution in [0.2, 0.25) is 0 Å². The first-order chi connectivity index (χ1) is 8.19. The molecule has 0 spiro atoms. The predicted molar refractivity (Wildman–Crippen MR) is 78.0 cm³/mol. The fourth-order valence-electron chi connectivity index (χ4n) is 1.60. The van der Waals surface area contributed by atoms with E-state index in [1.807, 2.05) is 46.8 Å². The summed E-state index contributed by atoms with van der Waals surface area (Å²) in [6.07, 6.45) is 0. The second-order valence-corrected chi connectivity index (χ2v) is 6.16. The smallest absolute Gasteiger partial charge is 0.325 e. The number of esters is 1. The normalized spacial score (nSPS) is 11.2. The van der Waals surface area contributed by atoms with Crippen LogP contribution in [0.15, 0.2) is 16.6 Å². The number of hydrogen-bond donors (Lipinski definition) is 1. The second kappa shape index (κ2) is 5.74. The molecular weight excluding hydrogens is 294 g/mol. The first-order valence-corrected chi connectivity index (χ1v) is 6.71. The standard InChI is InChI=1S/C14H20BrNO2/c1-9-6-11(7-10(2)13(9)15)16-8-12(17)18-14(3,4)5/h6-7,16H,8H2,1-5H3. The van der Waals surface area contributed by atoms with Crippen molar-refractivity contribution in [2.45, 2.75) is 40.2 Å². The molecule has 0 aliphatic carbocycles. The van der Waals surface area contributed by atoms with E-state index < -0.39 is 5.60 Å². The molecule has 1 rings (SSSR count).